The van der Waals surface area contributed by atoms with Crippen molar-refractivity contribution in [3.63, 3.8) is 0 Å². The highest BCUT2D eigenvalue weighted by atomic mass is 19.4. The lowest BCUT2D eigenvalue weighted by atomic mass is 9.49. The van der Waals surface area contributed by atoms with Gasteiger partial charge in [-0.1, -0.05) is 48.5 Å². The molecule has 4 fully saturated rings. The van der Waals surface area contributed by atoms with Crippen LogP contribution in [0.2, 0.25) is 0 Å². The zero-order chi connectivity index (χ0) is 24.0. The molecule has 9 atom stereocenters. The number of alkyl halides is 3. The minimum absolute atomic E-state index is 0.231. The van der Waals surface area contributed by atoms with Crippen molar-refractivity contribution in [2.75, 3.05) is 0 Å². The minimum atomic E-state index is -4.00. The fourth-order valence-electron chi connectivity index (χ4n) is 7.98. The summed E-state index contributed by atoms with van der Waals surface area (Å²) in [6.07, 6.45) is 4.13. The van der Waals surface area contributed by atoms with Crippen molar-refractivity contribution in [3.8, 4) is 0 Å². The highest BCUT2D eigenvalue weighted by Gasteiger charge is 2.58. The number of aliphatic hydroxyl groups excluding tert-OH is 1. The Morgan fingerprint density at radius 1 is 0.774 bits per heavy atom. The molecule has 0 aliphatic heterocycles. The Kier molecular flexibility index (Phi) is 11.4. The smallest absolute Gasteiger partial charge is 0.391 e. The number of hydrogen-bond donors (Lipinski definition) is 1. The predicted octanol–water partition coefficient (Wildman–Crippen LogP) is 8.89. The standard InChI is InChI=1S/C21H33F3O.3C2H6/c1-12(25)18-7-8-19-17-5-3-13-11-14(21(22,23)24)4-6-15(13)16(17)9-10-20(18,19)2;3*1-2/h12-19,25H,3-11H2,1-2H3;3*1-2H3. The van der Waals surface area contributed by atoms with Crippen molar-refractivity contribution in [3.05, 3.63) is 0 Å². The number of aliphatic hydroxyl groups is 1. The number of fused-ring (bicyclic) bond motifs is 5. The summed E-state index contributed by atoms with van der Waals surface area (Å²) in [5.41, 5.74) is 0.255. The zero-order valence-electron chi connectivity index (χ0n) is 21.6. The Hall–Kier alpha value is -0.250. The van der Waals surface area contributed by atoms with Crippen molar-refractivity contribution in [1.29, 1.82) is 0 Å². The Morgan fingerprint density at radius 3 is 1.90 bits per heavy atom. The van der Waals surface area contributed by atoms with E-state index in [0.29, 0.717) is 48.3 Å². The monoisotopic (exact) mass is 448 g/mol. The van der Waals surface area contributed by atoms with E-state index in [4.69, 9.17) is 0 Å². The molecule has 0 spiro atoms. The third-order valence-corrected chi connectivity index (χ3v) is 9.07. The maximum absolute atomic E-state index is 13.2. The van der Waals surface area contributed by atoms with Crippen LogP contribution in [-0.2, 0) is 0 Å². The van der Waals surface area contributed by atoms with Crippen molar-refractivity contribution < 1.29 is 18.3 Å². The fourth-order valence-corrected chi connectivity index (χ4v) is 7.98. The van der Waals surface area contributed by atoms with E-state index in [1.54, 1.807) is 0 Å². The first-order chi connectivity index (χ1) is 14.7. The average molecular weight is 449 g/mol. The highest BCUT2D eigenvalue weighted by Crippen LogP contribution is 2.65. The largest absolute Gasteiger partial charge is 0.393 e. The molecule has 4 saturated carbocycles. The van der Waals surface area contributed by atoms with E-state index >= 15 is 0 Å². The molecule has 0 amide bonds. The maximum Gasteiger partial charge on any atom is 0.391 e. The lowest BCUT2D eigenvalue weighted by molar-refractivity contribution is -0.196. The van der Waals surface area contributed by atoms with Gasteiger partial charge in [0.1, 0.15) is 0 Å². The molecular weight excluding hydrogens is 397 g/mol. The second-order valence-electron chi connectivity index (χ2n) is 9.96. The summed E-state index contributed by atoms with van der Waals surface area (Å²) in [4.78, 5) is 0. The van der Waals surface area contributed by atoms with E-state index in [1.807, 2.05) is 48.5 Å². The molecule has 1 N–H and O–H groups in total. The molecule has 1 nitrogen and oxygen atoms in total. The third kappa shape index (κ3) is 5.82. The van der Waals surface area contributed by atoms with Crippen LogP contribution < -0.4 is 0 Å². The first-order valence-corrected chi connectivity index (χ1v) is 13.5. The van der Waals surface area contributed by atoms with Gasteiger partial charge in [0.2, 0.25) is 0 Å². The molecule has 4 heteroatoms. The minimum Gasteiger partial charge on any atom is -0.393 e. The van der Waals surface area contributed by atoms with Crippen LogP contribution in [0.1, 0.15) is 113 Å². The lowest BCUT2D eigenvalue weighted by Gasteiger charge is -2.56. The number of halogens is 3. The van der Waals surface area contributed by atoms with Gasteiger partial charge in [-0.3, -0.25) is 0 Å². The second kappa shape index (κ2) is 12.3. The summed E-state index contributed by atoms with van der Waals surface area (Å²) in [6, 6.07) is 0. The summed E-state index contributed by atoms with van der Waals surface area (Å²) in [5, 5.41) is 10.2. The van der Waals surface area contributed by atoms with Crippen LogP contribution in [0.5, 0.6) is 0 Å². The summed E-state index contributed by atoms with van der Waals surface area (Å²) >= 11 is 0. The molecule has 9 unspecified atom stereocenters. The van der Waals surface area contributed by atoms with Crippen LogP contribution in [-0.4, -0.2) is 17.4 Å². The van der Waals surface area contributed by atoms with Gasteiger partial charge in [0.25, 0.3) is 0 Å². The van der Waals surface area contributed by atoms with E-state index in [2.05, 4.69) is 6.92 Å². The van der Waals surface area contributed by atoms with Gasteiger partial charge in [-0.2, -0.15) is 13.2 Å². The van der Waals surface area contributed by atoms with Gasteiger partial charge in [-0.25, -0.2) is 0 Å². The van der Waals surface area contributed by atoms with Gasteiger partial charge in [0, 0.05) is 0 Å². The van der Waals surface area contributed by atoms with Gasteiger partial charge < -0.3 is 5.11 Å². The fraction of sp³-hybridized carbons (Fsp3) is 1.00. The van der Waals surface area contributed by atoms with E-state index in [-0.39, 0.29) is 11.5 Å². The average Bonchev–Trinajstić information content (AvgIpc) is 3.14. The molecule has 0 aromatic heterocycles. The second-order valence-corrected chi connectivity index (χ2v) is 9.96. The first kappa shape index (κ1) is 28.8. The molecule has 4 rings (SSSR count). The molecule has 186 valence electrons. The maximum atomic E-state index is 13.2. The van der Waals surface area contributed by atoms with Crippen molar-refractivity contribution in [1.82, 2.24) is 0 Å². The molecule has 0 heterocycles. The molecule has 31 heavy (non-hydrogen) atoms. The quantitative estimate of drug-likeness (QED) is 0.424. The van der Waals surface area contributed by atoms with Crippen LogP contribution in [0.15, 0.2) is 0 Å². The molecule has 4 aliphatic carbocycles. The number of hydrogen-bond acceptors (Lipinski definition) is 1. The first-order valence-electron chi connectivity index (χ1n) is 13.5. The Balaban J connectivity index is 0.000000739. The third-order valence-electron chi connectivity index (χ3n) is 9.07. The van der Waals surface area contributed by atoms with Crippen molar-refractivity contribution in [2.24, 2.45) is 46.8 Å². The zero-order valence-corrected chi connectivity index (χ0v) is 21.6. The van der Waals surface area contributed by atoms with Crippen LogP contribution in [0, 0.1) is 46.8 Å². The molecule has 0 radical (unpaired) electrons. The van der Waals surface area contributed by atoms with E-state index in [1.165, 1.54) is 19.3 Å². The Bertz CT molecular complexity index is 503. The summed E-state index contributed by atoms with van der Waals surface area (Å²) in [5.74, 6) is 2.24. The van der Waals surface area contributed by atoms with Crippen LogP contribution >= 0.6 is 0 Å². The van der Waals surface area contributed by atoms with Crippen LogP contribution in [0.25, 0.3) is 0 Å². The predicted molar refractivity (Wildman–Crippen MR) is 126 cm³/mol. The van der Waals surface area contributed by atoms with Gasteiger partial charge in [-0.05, 0) is 106 Å². The number of rotatable bonds is 1. The summed E-state index contributed by atoms with van der Waals surface area (Å²) in [6.45, 7) is 16.3. The van der Waals surface area contributed by atoms with Gasteiger partial charge in [0.15, 0.2) is 0 Å². The van der Waals surface area contributed by atoms with E-state index in [0.717, 1.165) is 25.7 Å². The molecule has 0 aromatic rings. The van der Waals surface area contributed by atoms with Gasteiger partial charge in [-0.15, -0.1) is 0 Å². The van der Waals surface area contributed by atoms with Crippen LogP contribution in [0.3, 0.4) is 0 Å². The molecule has 0 saturated heterocycles. The molecule has 4 aliphatic rings. The summed E-state index contributed by atoms with van der Waals surface area (Å²) in [7, 11) is 0. The molecule has 0 bridgehead atoms. The normalized spacial score (nSPS) is 42.0. The Labute approximate surface area is 191 Å². The Morgan fingerprint density at radius 2 is 1.35 bits per heavy atom. The van der Waals surface area contributed by atoms with Gasteiger partial charge >= 0.3 is 6.18 Å². The van der Waals surface area contributed by atoms with Crippen molar-refractivity contribution >= 4 is 0 Å². The van der Waals surface area contributed by atoms with Crippen LogP contribution in [0.4, 0.5) is 13.2 Å². The summed E-state index contributed by atoms with van der Waals surface area (Å²) < 4.78 is 39.5. The van der Waals surface area contributed by atoms with Crippen molar-refractivity contribution in [2.45, 2.75) is 125 Å². The molecular formula is C27H51F3O. The van der Waals surface area contributed by atoms with E-state index < -0.39 is 12.1 Å². The van der Waals surface area contributed by atoms with E-state index in [9.17, 15) is 18.3 Å². The SMILES string of the molecule is CC.CC.CC.CC(O)C1CCC2C3CCC4CC(C(F)(F)F)CCC4C3CCC12C. The highest BCUT2D eigenvalue weighted by molar-refractivity contribution is 5.07. The topological polar surface area (TPSA) is 20.2 Å². The van der Waals surface area contributed by atoms with Gasteiger partial charge in [0.05, 0.1) is 12.0 Å². The lowest BCUT2D eigenvalue weighted by Crippen LogP contribution is -2.50. The molecule has 0 aromatic carbocycles.